The summed E-state index contributed by atoms with van der Waals surface area (Å²) in [6, 6.07) is 14.9. The van der Waals surface area contributed by atoms with E-state index in [1.165, 1.54) is 0 Å². The van der Waals surface area contributed by atoms with Crippen LogP contribution in [-0.4, -0.2) is 5.91 Å². The topological polar surface area (TPSA) is 43.1 Å². The number of rotatable bonds is 4. The van der Waals surface area contributed by atoms with Crippen LogP contribution < -0.4 is 5.73 Å². The zero-order valence-electron chi connectivity index (χ0n) is 10.1. The SMILES string of the molecule is NC(=O)C(Cc1ccccc1)c1ccc(Cl)c(Cl)c1. The molecule has 0 aliphatic heterocycles. The molecule has 0 aromatic heterocycles. The van der Waals surface area contributed by atoms with E-state index < -0.39 is 5.92 Å². The van der Waals surface area contributed by atoms with Crippen LogP contribution in [0, 0.1) is 0 Å². The number of primary amides is 1. The van der Waals surface area contributed by atoms with Gasteiger partial charge in [0.15, 0.2) is 0 Å². The predicted octanol–water partition coefficient (Wildman–Crippen LogP) is 3.81. The minimum absolute atomic E-state index is 0.373. The molecule has 2 rings (SSSR count). The second-order valence-corrected chi connectivity index (χ2v) is 5.13. The Kier molecular flexibility index (Phi) is 4.46. The fourth-order valence-corrected chi connectivity index (χ4v) is 2.27. The molecule has 4 heteroatoms. The molecule has 0 heterocycles. The van der Waals surface area contributed by atoms with E-state index in [1.54, 1.807) is 18.2 Å². The molecule has 1 amide bonds. The highest BCUT2D eigenvalue weighted by atomic mass is 35.5. The number of carbonyl (C=O) groups is 1. The molecule has 2 aromatic rings. The minimum atomic E-state index is -0.405. The Morgan fingerprint density at radius 2 is 1.74 bits per heavy atom. The fraction of sp³-hybridized carbons (Fsp3) is 0.133. The van der Waals surface area contributed by atoms with E-state index in [1.807, 2.05) is 30.3 Å². The molecule has 19 heavy (non-hydrogen) atoms. The molecule has 1 atom stereocenters. The first-order valence-corrected chi connectivity index (χ1v) is 6.61. The Hall–Kier alpha value is -1.51. The second kappa shape index (κ2) is 6.09. The highest BCUT2D eigenvalue weighted by Gasteiger charge is 2.19. The van der Waals surface area contributed by atoms with Gasteiger partial charge in [0.25, 0.3) is 0 Å². The van der Waals surface area contributed by atoms with Crippen molar-refractivity contribution >= 4 is 29.1 Å². The van der Waals surface area contributed by atoms with Crippen LogP contribution in [0.4, 0.5) is 0 Å². The predicted molar refractivity (Wildman–Crippen MR) is 78.5 cm³/mol. The molecule has 2 aromatic carbocycles. The van der Waals surface area contributed by atoms with Gasteiger partial charge in [0.05, 0.1) is 16.0 Å². The highest BCUT2D eigenvalue weighted by Crippen LogP contribution is 2.28. The van der Waals surface area contributed by atoms with Gasteiger partial charge in [-0.05, 0) is 29.7 Å². The molecule has 0 spiro atoms. The lowest BCUT2D eigenvalue weighted by molar-refractivity contribution is -0.119. The van der Waals surface area contributed by atoms with Gasteiger partial charge in [0.2, 0.25) is 5.91 Å². The molecular weight excluding hydrogens is 281 g/mol. The van der Waals surface area contributed by atoms with Crippen LogP contribution in [0.15, 0.2) is 48.5 Å². The Morgan fingerprint density at radius 1 is 1.05 bits per heavy atom. The molecule has 0 bridgehead atoms. The molecule has 2 N–H and O–H groups in total. The number of nitrogens with two attached hydrogens (primary N) is 1. The number of benzene rings is 2. The van der Waals surface area contributed by atoms with E-state index in [4.69, 9.17) is 28.9 Å². The number of hydrogen-bond acceptors (Lipinski definition) is 1. The lowest BCUT2D eigenvalue weighted by Crippen LogP contribution is -2.23. The summed E-state index contributed by atoms with van der Waals surface area (Å²) in [7, 11) is 0. The Balaban J connectivity index is 2.30. The first-order chi connectivity index (χ1) is 9.08. The molecule has 0 saturated heterocycles. The number of carbonyl (C=O) groups excluding carboxylic acids is 1. The van der Waals surface area contributed by atoms with Gasteiger partial charge in [-0.25, -0.2) is 0 Å². The number of halogens is 2. The quantitative estimate of drug-likeness (QED) is 0.915. The van der Waals surface area contributed by atoms with Crippen molar-refractivity contribution in [2.75, 3.05) is 0 Å². The van der Waals surface area contributed by atoms with Crippen molar-refractivity contribution < 1.29 is 4.79 Å². The van der Waals surface area contributed by atoms with Gasteiger partial charge in [0.1, 0.15) is 0 Å². The van der Waals surface area contributed by atoms with Crippen molar-refractivity contribution in [1.82, 2.24) is 0 Å². The molecule has 0 aliphatic rings. The van der Waals surface area contributed by atoms with Gasteiger partial charge in [0, 0.05) is 0 Å². The molecule has 0 radical (unpaired) electrons. The van der Waals surface area contributed by atoms with Crippen LogP contribution in [0.3, 0.4) is 0 Å². The number of amides is 1. The molecule has 98 valence electrons. The average Bonchev–Trinajstić information content (AvgIpc) is 2.40. The maximum atomic E-state index is 11.6. The summed E-state index contributed by atoms with van der Waals surface area (Å²) in [6.07, 6.45) is 0.550. The van der Waals surface area contributed by atoms with E-state index in [2.05, 4.69) is 0 Å². The third-order valence-electron chi connectivity index (χ3n) is 2.97. The Labute approximate surface area is 122 Å². The normalized spacial score (nSPS) is 12.1. The van der Waals surface area contributed by atoms with Gasteiger partial charge >= 0.3 is 0 Å². The van der Waals surface area contributed by atoms with Crippen molar-refractivity contribution in [3.63, 3.8) is 0 Å². The van der Waals surface area contributed by atoms with E-state index in [-0.39, 0.29) is 5.91 Å². The molecule has 1 unspecified atom stereocenters. The lowest BCUT2D eigenvalue weighted by atomic mass is 9.91. The van der Waals surface area contributed by atoms with Crippen LogP contribution in [0.25, 0.3) is 0 Å². The van der Waals surface area contributed by atoms with E-state index in [0.29, 0.717) is 16.5 Å². The first-order valence-electron chi connectivity index (χ1n) is 5.86. The van der Waals surface area contributed by atoms with Gasteiger partial charge in [-0.1, -0.05) is 59.6 Å². The highest BCUT2D eigenvalue weighted by molar-refractivity contribution is 6.42. The Morgan fingerprint density at radius 3 is 2.32 bits per heavy atom. The maximum Gasteiger partial charge on any atom is 0.225 e. The van der Waals surface area contributed by atoms with Crippen molar-refractivity contribution in [2.45, 2.75) is 12.3 Å². The maximum absolute atomic E-state index is 11.6. The van der Waals surface area contributed by atoms with E-state index >= 15 is 0 Å². The summed E-state index contributed by atoms with van der Waals surface area (Å²) in [5, 5.41) is 0.895. The smallest absolute Gasteiger partial charge is 0.225 e. The van der Waals surface area contributed by atoms with Crippen LogP contribution >= 0.6 is 23.2 Å². The zero-order chi connectivity index (χ0) is 13.8. The molecule has 0 aliphatic carbocycles. The average molecular weight is 294 g/mol. The van der Waals surface area contributed by atoms with E-state index in [9.17, 15) is 4.79 Å². The van der Waals surface area contributed by atoms with Crippen LogP contribution in [0.5, 0.6) is 0 Å². The monoisotopic (exact) mass is 293 g/mol. The third kappa shape index (κ3) is 3.49. The third-order valence-corrected chi connectivity index (χ3v) is 3.71. The Bertz CT molecular complexity index is 584. The van der Waals surface area contributed by atoms with Crippen LogP contribution in [0.1, 0.15) is 17.0 Å². The summed E-state index contributed by atoms with van der Waals surface area (Å²) < 4.78 is 0. The summed E-state index contributed by atoms with van der Waals surface area (Å²) in [5.41, 5.74) is 7.33. The van der Waals surface area contributed by atoms with Crippen molar-refractivity contribution in [3.05, 3.63) is 69.7 Å². The molecule has 2 nitrogen and oxygen atoms in total. The van der Waals surface area contributed by atoms with E-state index in [0.717, 1.165) is 11.1 Å². The van der Waals surface area contributed by atoms with Gasteiger partial charge < -0.3 is 5.73 Å². The van der Waals surface area contributed by atoms with Crippen molar-refractivity contribution in [3.8, 4) is 0 Å². The zero-order valence-corrected chi connectivity index (χ0v) is 11.7. The lowest BCUT2D eigenvalue weighted by Gasteiger charge is -2.14. The minimum Gasteiger partial charge on any atom is -0.369 e. The van der Waals surface area contributed by atoms with Gasteiger partial charge in [-0.3, -0.25) is 4.79 Å². The van der Waals surface area contributed by atoms with Crippen LogP contribution in [0.2, 0.25) is 10.0 Å². The molecular formula is C15H13Cl2NO. The number of hydrogen-bond donors (Lipinski definition) is 1. The fourth-order valence-electron chi connectivity index (χ4n) is 1.96. The first kappa shape index (κ1) is 13.9. The van der Waals surface area contributed by atoms with Gasteiger partial charge in [-0.15, -0.1) is 0 Å². The van der Waals surface area contributed by atoms with Gasteiger partial charge in [-0.2, -0.15) is 0 Å². The molecule has 0 saturated carbocycles. The summed E-state index contributed by atoms with van der Waals surface area (Å²) in [4.78, 5) is 11.6. The molecule has 0 fully saturated rings. The summed E-state index contributed by atoms with van der Waals surface area (Å²) in [6.45, 7) is 0. The van der Waals surface area contributed by atoms with Crippen molar-refractivity contribution in [1.29, 1.82) is 0 Å². The largest absolute Gasteiger partial charge is 0.369 e. The standard InChI is InChI=1S/C15H13Cl2NO/c16-13-7-6-11(9-14(13)17)12(15(18)19)8-10-4-2-1-3-5-10/h1-7,9,12H,8H2,(H2,18,19). The van der Waals surface area contributed by atoms with Crippen LogP contribution in [-0.2, 0) is 11.2 Å². The summed E-state index contributed by atoms with van der Waals surface area (Å²) >= 11 is 11.9. The van der Waals surface area contributed by atoms with Crippen molar-refractivity contribution in [2.24, 2.45) is 5.73 Å². The second-order valence-electron chi connectivity index (χ2n) is 4.32. The summed E-state index contributed by atoms with van der Waals surface area (Å²) in [5.74, 6) is -0.778.